The quantitative estimate of drug-likeness (QED) is 0.704. The predicted molar refractivity (Wildman–Crippen MR) is 47.1 cm³/mol. The highest BCUT2D eigenvalue weighted by Gasteiger charge is 2.01. The van der Waals surface area contributed by atoms with Gasteiger partial charge < -0.3 is 10.2 Å². The van der Waals surface area contributed by atoms with Crippen LogP contribution in [0.25, 0.3) is 0 Å². The molecule has 0 radical (unpaired) electrons. The fourth-order valence-electron chi connectivity index (χ4n) is 0.711. The average molecular weight is 172 g/mol. The average Bonchev–Trinajstić information content (AvgIpc) is 2.52. The second-order valence-corrected chi connectivity index (χ2v) is 3.01. The van der Waals surface area contributed by atoms with Crippen LogP contribution in [0.15, 0.2) is 6.33 Å². The van der Waals surface area contributed by atoms with Crippen molar-refractivity contribution >= 4 is 16.7 Å². The van der Waals surface area contributed by atoms with Gasteiger partial charge in [0.15, 0.2) is 0 Å². The van der Waals surface area contributed by atoms with Gasteiger partial charge in [0, 0.05) is 31.7 Å². The van der Waals surface area contributed by atoms with Crippen molar-refractivity contribution in [3.05, 3.63) is 6.33 Å². The summed E-state index contributed by atoms with van der Waals surface area (Å²) in [5.41, 5.74) is 0. The zero-order valence-corrected chi connectivity index (χ0v) is 7.56. The van der Waals surface area contributed by atoms with E-state index in [4.69, 9.17) is 0 Å². The van der Waals surface area contributed by atoms with E-state index in [0.29, 0.717) is 0 Å². The lowest BCUT2D eigenvalue weighted by molar-refractivity contribution is 0.766. The van der Waals surface area contributed by atoms with E-state index in [-0.39, 0.29) is 0 Å². The Hall–Kier alpha value is -0.680. The smallest absolute Gasteiger partial charge is 0.204 e. The van der Waals surface area contributed by atoms with Gasteiger partial charge in [-0.1, -0.05) is 0 Å². The maximum absolute atomic E-state index is 4.07. The first-order chi connectivity index (χ1) is 5.34. The van der Waals surface area contributed by atoms with E-state index in [2.05, 4.69) is 19.6 Å². The minimum absolute atomic E-state index is 0.964. The summed E-state index contributed by atoms with van der Waals surface area (Å²) in [6, 6.07) is 0. The zero-order valence-electron chi connectivity index (χ0n) is 6.74. The number of aromatic nitrogens is 2. The minimum atomic E-state index is 0.964. The molecular weight excluding hydrogens is 160 g/mol. The molecule has 0 aliphatic rings. The van der Waals surface area contributed by atoms with Crippen molar-refractivity contribution in [2.24, 2.45) is 0 Å². The van der Waals surface area contributed by atoms with E-state index in [1.165, 1.54) is 11.5 Å². The molecule has 0 aromatic carbocycles. The van der Waals surface area contributed by atoms with Crippen molar-refractivity contribution in [1.82, 2.24) is 14.7 Å². The lowest BCUT2D eigenvalue weighted by Crippen LogP contribution is -2.26. The van der Waals surface area contributed by atoms with Gasteiger partial charge in [0.25, 0.3) is 0 Å². The third-order valence-corrected chi connectivity index (χ3v) is 2.15. The second-order valence-electron chi connectivity index (χ2n) is 2.25. The molecule has 0 aliphatic heterocycles. The van der Waals surface area contributed by atoms with Crippen LogP contribution in [0.1, 0.15) is 0 Å². The van der Waals surface area contributed by atoms with E-state index >= 15 is 0 Å². The Morgan fingerprint density at radius 2 is 2.55 bits per heavy atom. The van der Waals surface area contributed by atoms with Crippen LogP contribution in [0.4, 0.5) is 5.13 Å². The highest BCUT2D eigenvalue weighted by Crippen LogP contribution is 2.10. The molecule has 0 bridgehead atoms. The SMILES string of the molecule is CNCCN(C)c1ncns1. The first-order valence-electron chi connectivity index (χ1n) is 3.47. The summed E-state index contributed by atoms with van der Waals surface area (Å²) in [6.45, 7) is 1.93. The van der Waals surface area contributed by atoms with Crippen LogP contribution in [0.5, 0.6) is 0 Å². The molecule has 0 amide bonds. The van der Waals surface area contributed by atoms with Crippen molar-refractivity contribution < 1.29 is 0 Å². The van der Waals surface area contributed by atoms with Gasteiger partial charge in [0.1, 0.15) is 6.33 Å². The van der Waals surface area contributed by atoms with E-state index < -0.39 is 0 Å². The lowest BCUT2D eigenvalue weighted by Gasteiger charge is -2.13. The maximum atomic E-state index is 4.07. The first-order valence-corrected chi connectivity index (χ1v) is 4.24. The number of hydrogen-bond donors (Lipinski definition) is 1. The molecule has 0 saturated carbocycles. The molecule has 0 fully saturated rings. The van der Waals surface area contributed by atoms with E-state index in [1.807, 2.05) is 14.1 Å². The molecule has 0 aliphatic carbocycles. The molecule has 1 aromatic rings. The van der Waals surface area contributed by atoms with Crippen LogP contribution in [0, 0.1) is 0 Å². The largest absolute Gasteiger partial charge is 0.349 e. The normalized spacial score (nSPS) is 10.0. The summed E-state index contributed by atoms with van der Waals surface area (Å²) in [7, 11) is 3.95. The second kappa shape index (κ2) is 4.25. The summed E-state index contributed by atoms with van der Waals surface area (Å²) < 4.78 is 3.92. The minimum Gasteiger partial charge on any atom is -0.349 e. The first kappa shape index (κ1) is 8.42. The van der Waals surface area contributed by atoms with Gasteiger partial charge in [0.05, 0.1) is 0 Å². The van der Waals surface area contributed by atoms with Crippen molar-refractivity contribution in [3.8, 4) is 0 Å². The van der Waals surface area contributed by atoms with Crippen molar-refractivity contribution in [3.63, 3.8) is 0 Å². The molecule has 1 N–H and O–H groups in total. The third-order valence-electron chi connectivity index (χ3n) is 1.37. The van der Waals surface area contributed by atoms with E-state index in [1.54, 1.807) is 6.33 Å². The summed E-state index contributed by atoms with van der Waals surface area (Å²) in [5.74, 6) is 0. The topological polar surface area (TPSA) is 41.0 Å². The Bertz CT molecular complexity index is 186. The fraction of sp³-hybridized carbons (Fsp3) is 0.667. The molecule has 62 valence electrons. The molecule has 11 heavy (non-hydrogen) atoms. The Morgan fingerprint density at radius 1 is 1.73 bits per heavy atom. The van der Waals surface area contributed by atoms with Crippen molar-refractivity contribution in [1.29, 1.82) is 0 Å². The molecule has 5 heteroatoms. The van der Waals surface area contributed by atoms with Crippen LogP contribution < -0.4 is 10.2 Å². The third kappa shape index (κ3) is 2.44. The van der Waals surface area contributed by atoms with Gasteiger partial charge in [-0.3, -0.25) is 0 Å². The van der Waals surface area contributed by atoms with E-state index in [0.717, 1.165) is 18.2 Å². The molecule has 0 unspecified atom stereocenters. The highest BCUT2D eigenvalue weighted by atomic mass is 32.1. The van der Waals surface area contributed by atoms with Gasteiger partial charge in [-0.25, -0.2) is 4.98 Å². The molecule has 1 aromatic heterocycles. The van der Waals surface area contributed by atoms with Crippen molar-refractivity contribution in [2.75, 3.05) is 32.1 Å². The highest BCUT2D eigenvalue weighted by molar-refractivity contribution is 7.09. The van der Waals surface area contributed by atoms with Gasteiger partial charge >= 0.3 is 0 Å². The lowest BCUT2D eigenvalue weighted by atomic mass is 10.6. The zero-order chi connectivity index (χ0) is 8.10. The maximum Gasteiger partial charge on any atom is 0.204 e. The molecule has 1 rings (SSSR count). The van der Waals surface area contributed by atoms with Crippen LogP contribution in [0.3, 0.4) is 0 Å². The predicted octanol–water partition coefficient (Wildman–Crippen LogP) is 0.194. The van der Waals surface area contributed by atoms with E-state index in [9.17, 15) is 0 Å². The Balaban J connectivity index is 2.36. The van der Waals surface area contributed by atoms with Crippen LogP contribution in [-0.2, 0) is 0 Å². The molecule has 1 heterocycles. The summed E-state index contributed by atoms with van der Waals surface area (Å²) >= 11 is 1.42. The number of nitrogens with zero attached hydrogens (tertiary/aromatic N) is 3. The number of hydrogen-bond acceptors (Lipinski definition) is 5. The van der Waals surface area contributed by atoms with Crippen molar-refractivity contribution in [2.45, 2.75) is 0 Å². The Labute approximate surface area is 70.4 Å². The standard InChI is InChI=1S/C6H12N4S/c1-7-3-4-10(2)6-8-5-9-11-6/h5,7H,3-4H2,1-2H3. The number of nitrogens with one attached hydrogen (secondary N) is 1. The van der Waals surface area contributed by atoms with Crippen LogP contribution in [0.2, 0.25) is 0 Å². The van der Waals surface area contributed by atoms with Crippen LogP contribution >= 0.6 is 11.5 Å². The summed E-state index contributed by atoms with van der Waals surface area (Å²) in [4.78, 5) is 6.15. The van der Waals surface area contributed by atoms with Gasteiger partial charge in [-0.05, 0) is 7.05 Å². The number of rotatable bonds is 4. The number of anilines is 1. The van der Waals surface area contributed by atoms with Gasteiger partial charge in [0.2, 0.25) is 5.13 Å². The molecular formula is C6H12N4S. The summed E-state index contributed by atoms with van der Waals surface area (Å²) in [6.07, 6.45) is 1.58. The summed E-state index contributed by atoms with van der Waals surface area (Å²) in [5, 5.41) is 4.05. The van der Waals surface area contributed by atoms with Crippen LogP contribution in [-0.4, -0.2) is 36.5 Å². The molecule has 4 nitrogen and oxygen atoms in total. The Kier molecular flexibility index (Phi) is 3.25. The molecule has 0 atom stereocenters. The van der Waals surface area contributed by atoms with Gasteiger partial charge in [-0.15, -0.1) is 0 Å². The molecule has 0 saturated heterocycles. The van der Waals surface area contributed by atoms with Gasteiger partial charge in [-0.2, -0.15) is 4.37 Å². The Morgan fingerprint density at radius 3 is 3.09 bits per heavy atom. The molecule has 0 spiro atoms. The monoisotopic (exact) mass is 172 g/mol. The number of likely N-dealkylation sites (N-methyl/N-ethyl adjacent to an activating group) is 2. The fourth-order valence-corrected chi connectivity index (χ4v) is 1.22.